The summed E-state index contributed by atoms with van der Waals surface area (Å²) in [5.41, 5.74) is 2.02. The van der Waals surface area contributed by atoms with Crippen molar-refractivity contribution < 1.29 is 14.3 Å². The molecule has 74 valence electrons. The molecule has 0 spiro atoms. The lowest BCUT2D eigenvalue weighted by Crippen LogP contribution is -1.90. The van der Waals surface area contributed by atoms with Gasteiger partial charge in [-0.3, -0.25) is 0 Å². The lowest BCUT2D eigenvalue weighted by Gasteiger charge is -2.02. The molecule has 2 nitrogen and oxygen atoms in total. The zero-order chi connectivity index (χ0) is 10.7. The first-order valence-corrected chi connectivity index (χ1v) is 4.18. The number of hydrogen-bond donors (Lipinski definition) is 1. The van der Waals surface area contributed by atoms with Crippen LogP contribution >= 0.6 is 0 Å². The molecule has 0 heterocycles. The van der Waals surface area contributed by atoms with E-state index in [0.29, 0.717) is 11.1 Å². The van der Waals surface area contributed by atoms with Crippen LogP contribution in [0.2, 0.25) is 0 Å². The average Bonchev–Trinajstić information content (AvgIpc) is 2.09. The van der Waals surface area contributed by atoms with Gasteiger partial charge in [-0.2, -0.15) is 0 Å². The second-order valence-corrected chi connectivity index (χ2v) is 3.13. The van der Waals surface area contributed by atoms with Crippen molar-refractivity contribution in [3.63, 3.8) is 0 Å². The van der Waals surface area contributed by atoms with Gasteiger partial charge in [-0.15, -0.1) is 0 Å². The van der Waals surface area contributed by atoms with Crippen LogP contribution in [0.5, 0.6) is 0 Å². The van der Waals surface area contributed by atoms with Gasteiger partial charge < -0.3 is 5.11 Å². The molecule has 0 atom stereocenters. The van der Waals surface area contributed by atoms with Crippen molar-refractivity contribution in [2.24, 2.45) is 0 Å². The third-order valence-electron chi connectivity index (χ3n) is 1.95. The summed E-state index contributed by atoms with van der Waals surface area (Å²) in [6.45, 7) is 3.49. The normalized spacial score (nSPS) is 10.8. The molecule has 1 aromatic rings. The molecule has 0 bridgehead atoms. The van der Waals surface area contributed by atoms with Gasteiger partial charge in [0.05, 0.1) is 0 Å². The topological polar surface area (TPSA) is 37.3 Å². The largest absolute Gasteiger partial charge is 0.478 e. The number of hydrogen-bond acceptors (Lipinski definition) is 1. The highest BCUT2D eigenvalue weighted by Crippen LogP contribution is 2.15. The Bertz CT molecular complexity index is 395. The Kier molecular flexibility index (Phi) is 3.02. The molecule has 0 amide bonds. The third-order valence-corrected chi connectivity index (χ3v) is 1.95. The van der Waals surface area contributed by atoms with Gasteiger partial charge in [0.15, 0.2) is 0 Å². The molecule has 0 unspecified atom stereocenters. The highest BCUT2D eigenvalue weighted by atomic mass is 19.1. The number of halogens is 1. The Morgan fingerprint density at radius 3 is 2.57 bits per heavy atom. The molecular formula is C11H11FO2. The van der Waals surface area contributed by atoms with Crippen LogP contribution in [0.4, 0.5) is 4.39 Å². The molecule has 0 radical (unpaired) electrons. The summed E-state index contributed by atoms with van der Waals surface area (Å²) in [6, 6.07) is 3.03. The number of carboxylic acid groups (broad SMARTS) is 1. The van der Waals surface area contributed by atoms with Crippen molar-refractivity contribution in [1.29, 1.82) is 0 Å². The number of rotatable bonds is 2. The van der Waals surface area contributed by atoms with Crippen LogP contribution in [0.1, 0.15) is 16.7 Å². The van der Waals surface area contributed by atoms with Crippen molar-refractivity contribution >= 4 is 12.0 Å². The summed E-state index contributed by atoms with van der Waals surface area (Å²) in [6.07, 6.45) is 2.39. The summed E-state index contributed by atoms with van der Waals surface area (Å²) in [5, 5.41) is 8.41. The zero-order valence-corrected chi connectivity index (χ0v) is 8.04. The van der Waals surface area contributed by atoms with Crippen molar-refractivity contribution in [3.05, 3.63) is 40.7 Å². The summed E-state index contributed by atoms with van der Waals surface area (Å²) in [5.74, 6) is -1.36. The van der Waals surface area contributed by atoms with E-state index in [2.05, 4.69) is 0 Å². The minimum Gasteiger partial charge on any atom is -0.478 e. The maximum absolute atomic E-state index is 13.1. The molecule has 0 saturated heterocycles. The predicted molar refractivity (Wildman–Crippen MR) is 52.5 cm³/mol. The van der Waals surface area contributed by atoms with E-state index in [9.17, 15) is 9.18 Å². The Balaban J connectivity index is 3.10. The zero-order valence-electron chi connectivity index (χ0n) is 8.04. The quantitative estimate of drug-likeness (QED) is 0.734. The van der Waals surface area contributed by atoms with Crippen molar-refractivity contribution in [2.75, 3.05) is 0 Å². The Morgan fingerprint density at radius 2 is 2.00 bits per heavy atom. The van der Waals surface area contributed by atoms with Crippen LogP contribution in [0.3, 0.4) is 0 Å². The Labute approximate surface area is 81.7 Å². The fourth-order valence-corrected chi connectivity index (χ4v) is 1.18. The highest BCUT2D eigenvalue weighted by molar-refractivity contribution is 5.85. The van der Waals surface area contributed by atoms with Gasteiger partial charge in [0.25, 0.3) is 0 Å². The number of carboxylic acids is 1. The fraction of sp³-hybridized carbons (Fsp3) is 0.182. The number of aryl methyl sites for hydroxylation is 2. The van der Waals surface area contributed by atoms with Gasteiger partial charge in [0, 0.05) is 6.08 Å². The average molecular weight is 194 g/mol. The molecule has 0 aliphatic heterocycles. The molecule has 1 rings (SSSR count). The lowest BCUT2D eigenvalue weighted by molar-refractivity contribution is -0.131. The lowest BCUT2D eigenvalue weighted by atomic mass is 10.0. The van der Waals surface area contributed by atoms with Gasteiger partial charge in [0.1, 0.15) is 5.82 Å². The van der Waals surface area contributed by atoms with Crippen molar-refractivity contribution in [3.8, 4) is 0 Å². The Morgan fingerprint density at radius 1 is 1.36 bits per heavy atom. The standard InChI is InChI=1S/C11H11FO2/c1-7-5-8(2)10(12)6-9(7)3-4-11(13)14/h3-6H,1-2H3,(H,13,14)/b4-3+. The molecule has 14 heavy (non-hydrogen) atoms. The van der Waals surface area contributed by atoms with Crippen molar-refractivity contribution in [2.45, 2.75) is 13.8 Å². The molecule has 1 N–H and O–H groups in total. The van der Waals surface area contributed by atoms with E-state index < -0.39 is 5.97 Å². The van der Waals surface area contributed by atoms with Crippen LogP contribution in [-0.4, -0.2) is 11.1 Å². The summed E-state index contributed by atoms with van der Waals surface area (Å²) in [4.78, 5) is 10.3. The fourth-order valence-electron chi connectivity index (χ4n) is 1.18. The monoisotopic (exact) mass is 194 g/mol. The van der Waals surface area contributed by atoms with Gasteiger partial charge >= 0.3 is 5.97 Å². The maximum Gasteiger partial charge on any atom is 0.328 e. The van der Waals surface area contributed by atoms with E-state index in [1.54, 1.807) is 13.0 Å². The first-order chi connectivity index (χ1) is 6.50. The van der Waals surface area contributed by atoms with Crippen LogP contribution in [-0.2, 0) is 4.79 Å². The van der Waals surface area contributed by atoms with E-state index >= 15 is 0 Å². The van der Waals surface area contributed by atoms with Crippen LogP contribution in [0.15, 0.2) is 18.2 Å². The van der Waals surface area contributed by atoms with Gasteiger partial charge in [-0.25, -0.2) is 9.18 Å². The van der Waals surface area contributed by atoms with Gasteiger partial charge in [-0.05, 0) is 42.7 Å². The first-order valence-electron chi connectivity index (χ1n) is 4.18. The van der Waals surface area contributed by atoms with Crippen LogP contribution in [0.25, 0.3) is 6.08 Å². The SMILES string of the molecule is Cc1cc(C)c(/C=C/C(=O)O)cc1F. The molecule has 1 aromatic carbocycles. The third kappa shape index (κ3) is 2.42. The van der Waals surface area contributed by atoms with E-state index in [-0.39, 0.29) is 5.82 Å². The first kappa shape index (κ1) is 10.4. The molecule has 0 saturated carbocycles. The maximum atomic E-state index is 13.1. The van der Waals surface area contributed by atoms with Crippen LogP contribution in [0, 0.1) is 19.7 Å². The molecule has 0 aromatic heterocycles. The highest BCUT2D eigenvalue weighted by Gasteiger charge is 2.01. The Hall–Kier alpha value is -1.64. The summed E-state index contributed by atoms with van der Waals surface area (Å²) in [7, 11) is 0. The predicted octanol–water partition coefficient (Wildman–Crippen LogP) is 2.54. The van der Waals surface area contributed by atoms with E-state index in [1.165, 1.54) is 12.1 Å². The van der Waals surface area contributed by atoms with E-state index in [1.807, 2.05) is 6.92 Å². The molecule has 0 aliphatic rings. The van der Waals surface area contributed by atoms with Crippen molar-refractivity contribution in [1.82, 2.24) is 0 Å². The van der Waals surface area contributed by atoms with Gasteiger partial charge in [-0.1, -0.05) is 6.07 Å². The summed E-state index contributed by atoms with van der Waals surface area (Å²) >= 11 is 0. The van der Waals surface area contributed by atoms with Gasteiger partial charge in [0.2, 0.25) is 0 Å². The smallest absolute Gasteiger partial charge is 0.328 e. The van der Waals surface area contributed by atoms with Crippen LogP contribution < -0.4 is 0 Å². The minimum absolute atomic E-state index is 0.319. The van der Waals surface area contributed by atoms with E-state index in [4.69, 9.17) is 5.11 Å². The second kappa shape index (κ2) is 4.05. The number of aliphatic carboxylic acids is 1. The van der Waals surface area contributed by atoms with E-state index in [0.717, 1.165) is 11.6 Å². The number of carbonyl (C=O) groups is 1. The molecule has 0 fully saturated rings. The molecule has 3 heteroatoms. The molecule has 0 aliphatic carbocycles. The second-order valence-electron chi connectivity index (χ2n) is 3.13. The number of benzene rings is 1. The molecular weight excluding hydrogens is 183 g/mol. The minimum atomic E-state index is -1.04. The summed E-state index contributed by atoms with van der Waals surface area (Å²) < 4.78 is 13.1.